The maximum atomic E-state index is 13.6. The summed E-state index contributed by atoms with van der Waals surface area (Å²) in [6.45, 7) is 4.56. The highest BCUT2D eigenvalue weighted by Crippen LogP contribution is 2.46. The lowest BCUT2D eigenvalue weighted by Crippen LogP contribution is -2.31. The molecule has 0 amide bonds. The van der Waals surface area contributed by atoms with Gasteiger partial charge in [0.05, 0.1) is 15.5 Å². The molecule has 0 saturated heterocycles. The van der Waals surface area contributed by atoms with E-state index in [9.17, 15) is 4.39 Å². The van der Waals surface area contributed by atoms with Crippen molar-refractivity contribution in [2.75, 3.05) is 5.73 Å². The molecule has 1 saturated carbocycles. The molecule has 2 aromatic rings. The first-order valence-electron chi connectivity index (χ1n) is 7.02. The van der Waals surface area contributed by atoms with Gasteiger partial charge < -0.3 is 10.3 Å². The van der Waals surface area contributed by atoms with Crippen LogP contribution in [-0.2, 0) is 0 Å². The second kappa shape index (κ2) is 4.72. The normalized spacial score (nSPS) is 22.3. The summed E-state index contributed by atoms with van der Waals surface area (Å²) in [7, 11) is 0. The van der Waals surface area contributed by atoms with E-state index in [2.05, 4.69) is 39.3 Å². The molecule has 108 valence electrons. The topological polar surface area (TPSA) is 43.8 Å². The monoisotopic (exact) mass is 339 g/mol. The Labute approximate surface area is 126 Å². The van der Waals surface area contributed by atoms with Crippen LogP contribution < -0.4 is 5.73 Å². The average molecular weight is 340 g/mol. The van der Waals surface area contributed by atoms with Gasteiger partial charge in [0.25, 0.3) is 0 Å². The first kappa shape index (κ1) is 13.9. The predicted octanol–water partition coefficient (Wildman–Crippen LogP) is 4.66. The Morgan fingerprint density at radius 1 is 1.40 bits per heavy atom. The van der Waals surface area contributed by atoms with Gasteiger partial charge in [0.2, 0.25) is 5.95 Å². The molecule has 1 aliphatic rings. The highest BCUT2D eigenvalue weighted by molar-refractivity contribution is 9.10. The van der Waals surface area contributed by atoms with Crippen molar-refractivity contribution in [2.45, 2.75) is 45.6 Å². The van der Waals surface area contributed by atoms with Crippen LogP contribution in [0, 0.1) is 11.2 Å². The Hall–Kier alpha value is -1.10. The number of imidazole rings is 1. The molecular formula is C15H19BrFN3. The van der Waals surface area contributed by atoms with Crippen LogP contribution in [0.15, 0.2) is 16.6 Å². The van der Waals surface area contributed by atoms with E-state index in [1.54, 1.807) is 6.07 Å². The lowest BCUT2D eigenvalue weighted by molar-refractivity contribution is 0.149. The highest BCUT2D eigenvalue weighted by Gasteiger charge is 2.35. The van der Waals surface area contributed by atoms with E-state index in [-0.39, 0.29) is 11.2 Å². The number of benzene rings is 1. The van der Waals surface area contributed by atoms with Gasteiger partial charge in [-0.1, -0.05) is 26.7 Å². The SMILES string of the molecule is CC1(C)CCCCC1n1c(N)nc2cc(F)c(Br)cc21. The van der Waals surface area contributed by atoms with Crippen LogP contribution in [0.1, 0.15) is 45.6 Å². The summed E-state index contributed by atoms with van der Waals surface area (Å²) in [5.74, 6) is 0.183. The summed E-state index contributed by atoms with van der Waals surface area (Å²) < 4.78 is 16.2. The van der Waals surface area contributed by atoms with Crippen LogP contribution in [0.4, 0.5) is 10.3 Å². The summed E-state index contributed by atoms with van der Waals surface area (Å²) in [6, 6.07) is 3.56. The van der Waals surface area contributed by atoms with Gasteiger partial charge in [0.1, 0.15) is 5.82 Å². The molecule has 1 unspecified atom stereocenters. The van der Waals surface area contributed by atoms with Crippen LogP contribution in [0.5, 0.6) is 0 Å². The van der Waals surface area contributed by atoms with Crippen molar-refractivity contribution in [1.82, 2.24) is 9.55 Å². The van der Waals surface area contributed by atoms with Gasteiger partial charge in [-0.25, -0.2) is 9.37 Å². The summed E-state index contributed by atoms with van der Waals surface area (Å²) >= 11 is 3.26. The maximum absolute atomic E-state index is 13.6. The zero-order valence-electron chi connectivity index (χ0n) is 11.8. The van der Waals surface area contributed by atoms with Crippen LogP contribution in [0.3, 0.4) is 0 Å². The largest absolute Gasteiger partial charge is 0.369 e. The zero-order valence-corrected chi connectivity index (χ0v) is 13.4. The van der Waals surface area contributed by atoms with Crippen LogP contribution in [0.25, 0.3) is 11.0 Å². The minimum atomic E-state index is -0.301. The molecule has 1 atom stereocenters. The molecule has 1 heterocycles. The number of nitrogen functional groups attached to an aromatic ring is 1. The van der Waals surface area contributed by atoms with Crippen molar-refractivity contribution >= 4 is 32.9 Å². The molecule has 0 aliphatic heterocycles. The molecule has 3 rings (SSSR count). The Morgan fingerprint density at radius 3 is 2.85 bits per heavy atom. The fourth-order valence-corrected chi connectivity index (χ4v) is 3.72. The van der Waals surface area contributed by atoms with E-state index in [1.807, 2.05) is 0 Å². The average Bonchev–Trinajstić information content (AvgIpc) is 2.65. The lowest BCUT2D eigenvalue weighted by Gasteiger charge is -2.40. The highest BCUT2D eigenvalue weighted by atomic mass is 79.9. The Kier molecular flexibility index (Phi) is 3.27. The molecule has 1 aliphatic carbocycles. The minimum Gasteiger partial charge on any atom is -0.369 e. The van der Waals surface area contributed by atoms with Gasteiger partial charge in [0, 0.05) is 12.1 Å². The van der Waals surface area contributed by atoms with Crippen LogP contribution >= 0.6 is 15.9 Å². The molecule has 0 bridgehead atoms. The Bertz CT molecular complexity index is 663. The smallest absolute Gasteiger partial charge is 0.201 e. The molecule has 2 N–H and O–H groups in total. The van der Waals surface area contributed by atoms with Gasteiger partial charge >= 0.3 is 0 Å². The summed E-state index contributed by atoms with van der Waals surface area (Å²) in [5, 5.41) is 0. The summed E-state index contributed by atoms with van der Waals surface area (Å²) in [4.78, 5) is 4.34. The lowest BCUT2D eigenvalue weighted by atomic mass is 9.73. The van der Waals surface area contributed by atoms with Crippen molar-refractivity contribution in [1.29, 1.82) is 0 Å². The van der Waals surface area contributed by atoms with Crippen molar-refractivity contribution < 1.29 is 4.39 Å². The number of rotatable bonds is 1. The minimum absolute atomic E-state index is 0.181. The third kappa shape index (κ3) is 2.12. The Balaban J connectivity index is 2.20. The quantitative estimate of drug-likeness (QED) is 0.820. The number of anilines is 1. The van der Waals surface area contributed by atoms with E-state index in [1.165, 1.54) is 25.3 Å². The summed E-state index contributed by atoms with van der Waals surface area (Å²) in [6.07, 6.45) is 4.74. The molecule has 1 aromatic heterocycles. The van der Waals surface area contributed by atoms with E-state index >= 15 is 0 Å². The fraction of sp³-hybridized carbons (Fsp3) is 0.533. The van der Waals surface area contributed by atoms with Gasteiger partial charge in [-0.3, -0.25) is 0 Å². The first-order chi connectivity index (χ1) is 9.40. The third-order valence-corrected chi connectivity index (χ3v) is 5.13. The van der Waals surface area contributed by atoms with Crippen molar-refractivity contribution in [2.24, 2.45) is 5.41 Å². The Morgan fingerprint density at radius 2 is 2.15 bits per heavy atom. The van der Waals surface area contributed by atoms with Gasteiger partial charge in [0.15, 0.2) is 0 Å². The number of hydrogen-bond acceptors (Lipinski definition) is 2. The standard InChI is InChI=1S/C15H19BrFN3/c1-15(2)6-4-3-5-13(15)20-12-7-9(16)10(17)8-11(12)19-14(20)18/h7-8,13H,3-6H2,1-2H3,(H2,18,19). The van der Waals surface area contributed by atoms with Crippen molar-refractivity contribution in [3.8, 4) is 0 Å². The van der Waals surface area contributed by atoms with E-state index < -0.39 is 0 Å². The number of nitrogens with zero attached hydrogens (tertiary/aromatic N) is 2. The molecule has 1 fully saturated rings. The summed E-state index contributed by atoms with van der Waals surface area (Å²) in [5.41, 5.74) is 7.84. The van der Waals surface area contributed by atoms with Crippen LogP contribution in [0.2, 0.25) is 0 Å². The van der Waals surface area contributed by atoms with Gasteiger partial charge in [-0.2, -0.15) is 0 Å². The number of halogens is 2. The maximum Gasteiger partial charge on any atom is 0.201 e. The first-order valence-corrected chi connectivity index (χ1v) is 7.82. The molecule has 3 nitrogen and oxygen atoms in total. The van der Waals surface area contributed by atoms with Gasteiger partial charge in [-0.05, 0) is 40.3 Å². The predicted molar refractivity (Wildman–Crippen MR) is 83.1 cm³/mol. The molecule has 0 radical (unpaired) electrons. The fourth-order valence-electron chi connectivity index (χ4n) is 3.39. The third-order valence-electron chi connectivity index (χ3n) is 4.52. The molecule has 1 aromatic carbocycles. The zero-order chi connectivity index (χ0) is 14.5. The second-order valence-electron chi connectivity index (χ2n) is 6.35. The number of hydrogen-bond donors (Lipinski definition) is 1. The second-order valence-corrected chi connectivity index (χ2v) is 7.20. The van der Waals surface area contributed by atoms with Gasteiger partial charge in [-0.15, -0.1) is 0 Å². The van der Waals surface area contributed by atoms with Crippen LogP contribution in [-0.4, -0.2) is 9.55 Å². The van der Waals surface area contributed by atoms with E-state index in [0.29, 0.717) is 22.0 Å². The number of fused-ring (bicyclic) bond motifs is 1. The molecule has 20 heavy (non-hydrogen) atoms. The molecule has 0 spiro atoms. The molecule has 5 heteroatoms. The van der Waals surface area contributed by atoms with Crippen molar-refractivity contribution in [3.05, 3.63) is 22.4 Å². The molecular weight excluding hydrogens is 321 g/mol. The number of nitrogens with two attached hydrogens (primary N) is 1. The van der Waals surface area contributed by atoms with Crippen molar-refractivity contribution in [3.63, 3.8) is 0 Å². The van der Waals surface area contributed by atoms with E-state index in [4.69, 9.17) is 5.73 Å². The number of aromatic nitrogens is 2. The van der Waals surface area contributed by atoms with E-state index in [0.717, 1.165) is 11.9 Å².